The molecule has 1 aromatic carbocycles. The zero-order chi connectivity index (χ0) is 26.9. The third-order valence-electron chi connectivity index (χ3n) is 4.82. The van der Waals surface area contributed by atoms with Gasteiger partial charge in [-0.3, -0.25) is 8.98 Å². The average molecular weight is 554 g/mol. The van der Waals surface area contributed by atoms with Crippen molar-refractivity contribution in [2.24, 2.45) is 5.41 Å². The van der Waals surface area contributed by atoms with Crippen molar-refractivity contribution in [1.29, 1.82) is 0 Å². The van der Waals surface area contributed by atoms with E-state index in [0.717, 1.165) is 5.56 Å². The van der Waals surface area contributed by atoms with Gasteiger partial charge < -0.3 is 10.1 Å². The number of ether oxygens (including phenoxy) is 1. The summed E-state index contributed by atoms with van der Waals surface area (Å²) in [6.45, 7) is 8.52. The minimum atomic E-state index is -3.95. The predicted molar refractivity (Wildman–Crippen MR) is 135 cm³/mol. The van der Waals surface area contributed by atoms with Crippen molar-refractivity contribution in [1.82, 2.24) is 5.32 Å². The highest BCUT2D eigenvalue weighted by Gasteiger charge is 2.28. The predicted octanol–water partition coefficient (Wildman–Crippen LogP) is 3.80. The van der Waals surface area contributed by atoms with Gasteiger partial charge >= 0.3 is 6.09 Å². The quantitative estimate of drug-likeness (QED) is 0.271. The third-order valence-corrected chi connectivity index (χ3v) is 7.33. The lowest BCUT2D eigenvalue weighted by atomic mass is 9.86. The highest BCUT2D eigenvalue weighted by molar-refractivity contribution is 8.13. The molecule has 0 spiro atoms. The zero-order valence-corrected chi connectivity index (χ0v) is 23.3. The van der Waals surface area contributed by atoms with Crippen LogP contribution in [0.5, 0.6) is 0 Å². The average Bonchev–Trinajstić information content (AvgIpc) is 2.68. The van der Waals surface area contributed by atoms with E-state index in [2.05, 4.69) is 5.32 Å². The molecular formula is C23H36ClNO8S2. The van der Waals surface area contributed by atoms with E-state index in [4.69, 9.17) is 19.6 Å². The number of ketones is 1. The molecular weight excluding hydrogens is 518 g/mol. The van der Waals surface area contributed by atoms with E-state index in [1.165, 1.54) is 0 Å². The Morgan fingerprint density at radius 3 is 2.14 bits per heavy atom. The van der Waals surface area contributed by atoms with E-state index in [-0.39, 0.29) is 31.7 Å². The summed E-state index contributed by atoms with van der Waals surface area (Å²) in [5.41, 5.74) is -0.525. The Hall–Kier alpha value is -1.69. The molecule has 1 N–H and O–H groups in total. The molecule has 0 aliphatic carbocycles. The number of carbonyl (C=O) groups is 2. The van der Waals surface area contributed by atoms with Crippen LogP contribution in [0.1, 0.15) is 59.4 Å². The molecule has 9 nitrogen and oxygen atoms in total. The van der Waals surface area contributed by atoms with Crippen LogP contribution < -0.4 is 5.32 Å². The molecule has 0 fully saturated rings. The maximum Gasteiger partial charge on any atom is 0.408 e. The lowest BCUT2D eigenvalue weighted by Crippen LogP contribution is -2.45. The second-order valence-electron chi connectivity index (χ2n) is 10.1. The molecule has 1 rings (SSSR count). The second-order valence-corrected chi connectivity index (χ2v) is 14.8. The van der Waals surface area contributed by atoms with E-state index in [9.17, 15) is 26.4 Å². The summed E-state index contributed by atoms with van der Waals surface area (Å²) in [5.74, 6) is -1.17. The number of hydrogen-bond acceptors (Lipinski definition) is 8. The smallest absolute Gasteiger partial charge is 0.408 e. The first kappa shape index (κ1) is 31.3. The molecule has 0 aliphatic heterocycles. The summed E-state index contributed by atoms with van der Waals surface area (Å²) in [6.07, 6.45) is -0.204. The van der Waals surface area contributed by atoms with E-state index in [0.29, 0.717) is 6.42 Å². The van der Waals surface area contributed by atoms with Crippen LogP contribution in [-0.4, -0.2) is 58.5 Å². The summed E-state index contributed by atoms with van der Waals surface area (Å²) >= 11 is 0. The monoisotopic (exact) mass is 553 g/mol. The van der Waals surface area contributed by atoms with Gasteiger partial charge in [0.15, 0.2) is 5.78 Å². The highest BCUT2D eigenvalue weighted by Crippen LogP contribution is 2.25. The van der Waals surface area contributed by atoms with Crippen molar-refractivity contribution in [3.05, 3.63) is 35.9 Å². The number of benzene rings is 1. The molecule has 0 unspecified atom stereocenters. The second kappa shape index (κ2) is 13.0. The van der Waals surface area contributed by atoms with Gasteiger partial charge in [-0.05, 0) is 51.0 Å². The largest absolute Gasteiger partial charge is 0.444 e. The van der Waals surface area contributed by atoms with E-state index < -0.39 is 53.8 Å². The van der Waals surface area contributed by atoms with Crippen molar-refractivity contribution < 1.29 is 35.3 Å². The number of amides is 1. The summed E-state index contributed by atoms with van der Waals surface area (Å²) < 4.78 is 56.4. The zero-order valence-electron chi connectivity index (χ0n) is 20.9. The normalized spacial score (nSPS) is 13.8. The fourth-order valence-electron chi connectivity index (χ4n) is 2.97. The maximum absolute atomic E-state index is 13.0. The van der Waals surface area contributed by atoms with Gasteiger partial charge in [0.25, 0.3) is 10.1 Å². The Kier molecular flexibility index (Phi) is 11.7. The highest BCUT2D eigenvalue weighted by atomic mass is 35.7. The molecule has 0 saturated heterocycles. The third kappa shape index (κ3) is 15.1. The van der Waals surface area contributed by atoms with Crippen LogP contribution in [0.15, 0.2) is 30.3 Å². The molecule has 35 heavy (non-hydrogen) atoms. The van der Waals surface area contributed by atoms with E-state index in [1.54, 1.807) is 34.6 Å². The first-order chi connectivity index (χ1) is 15.9. The van der Waals surface area contributed by atoms with Crippen molar-refractivity contribution >= 4 is 41.7 Å². The van der Waals surface area contributed by atoms with Crippen LogP contribution in [0.2, 0.25) is 0 Å². The van der Waals surface area contributed by atoms with Crippen molar-refractivity contribution in [2.75, 3.05) is 18.1 Å². The number of hydrogen-bond donors (Lipinski definition) is 1. The fourth-order valence-corrected chi connectivity index (χ4v) is 5.08. The van der Waals surface area contributed by atoms with Gasteiger partial charge in [0.05, 0.1) is 24.2 Å². The molecule has 0 saturated carbocycles. The van der Waals surface area contributed by atoms with Gasteiger partial charge in [-0.1, -0.05) is 44.2 Å². The van der Waals surface area contributed by atoms with Gasteiger partial charge in [-0.2, -0.15) is 8.42 Å². The molecule has 200 valence electrons. The number of nitrogens with one attached hydrogen (secondary N) is 1. The summed E-state index contributed by atoms with van der Waals surface area (Å²) in [6, 6.07) is 8.43. The fraction of sp³-hybridized carbons (Fsp3) is 0.652. The minimum absolute atomic E-state index is 0.0776. The summed E-state index contributed by atoms with van der Waals surface area (Å²) in [7, 11) is -2.64. The lowest BCUT2D eigenvalue weighted by Gasteiger charge is -2.26. The molecule has 0 aromatic heterocycles. The van der Waals surface area contributed by atoms with Gasteiger partial charge in [-0.15, -0.1) is 0 Å². The molecule has 1 atom stereocenters. The van der Waals surface area contributed by atoms with E-state index >= 15 is 0 Å². The first-order valence-electron chi connectivity index (χ1n) is 11.2. The van der Waals surface area contributed by atoms with E-state index in [1.807, 2.05) is 30.3 Å². The van der Waals surface area contributed by atoms with Crippen molar-refractivity contribution in [3.63, 3.8) is 0 Å². The molecule has 0 heterocycles. The summed E-state index contributed by atoms with van der Waals surface area (Å²) in [5, 5.41) is 2.65. The molecule has 0 bridgehead atoms. The molecule has 1 aromatic rings. The van der Waals surface area contributed by atoms with Crippen LogP contribution in [0.4, 0.5) is 4.79 Å². The minimum Gasteiger partial charge on any atom is -0.444 e. The van der Waals surface area contributed by atoms with Crippen LogP contribution in [-0.2, 0) is 39.3 Å². The van der Waals surface area contributed by atoms with Crippen LogP contribution >= 0.6 is 10.7 Å². The maximum atomic E-state index is 13.0. The number of rotatable bonds is 14. The van der Waals surface area contributed by atoms with Crippen LogP contribution in [0.25, 0.3) is 0 Å². The first-order valence-corrected chi connectivity index (χ1v) is 15.3. The number of Topliss-reactive ketones (excluding diaryl/α,β-unsaturated/α-hetero) is 1. The molecule has 1 amide bonds. The number of carbonyl (C=O) groups excluding carboxylic acids is 2. The number of halogens is 1. The van der Waals surface area contributed by atoms with Crippen LogP contribution in [0, 0.1) is 5.41 Å². The van der Waals surface area contributed by atoms with Crippen LogP contribution in [0.3, 0.4) is 0 Å². The Morgan fingerprint density at radius 1 is 1.00 bits per heavy atom. The lowest BCUT2D eigenvalue weighted by molar-refractivity contribution is -0.121. The van der Waals surface area contributed by atoms with Gasteiger partial charge in [-0.25, -0.2) is 13.2 Å². The van der Waals surface area contributed by atoms with Gasteiger partial charge in [0, 0.05) is 17.1 Å². The van der Waals surface area contributed by atoms with Crippen molar-refractivity contribution in [2.45, 2.75) is 71.9 Å². The summed E-state index contributed by atoms with van der Waals surface area (Å²) in [4.78, 5) is 25.3. The van der Waals surface area contributed by atoms with Crippen molar-refractivity contribution in [3.8, 4) is 0 Å². The van der Waals surface area contributed by atoms with Gasteiger partial charge in [0.1, 0.15) is 5.60 Å². The standard InChI is InChI=1S/C23H36ClNO8S2/c1-22(2,3)33-21(27)25-19(16-18-10-7-6-8-11-18)20(26)12-13-23(4,5)17-32-35(30,31)15-9-14-34(24,28)29/h6-8,10-11,19H,9,12-17H2,1-5H3,(H,25,27)/t19-/m0/s1. The Morgan fingerprint density at radius 2 is 1.60 bits per heavy atom. The number of alkyl carbamates (subject to hydrolysis) is 1. The Balaban J connectivity index is 2.73. The Bertz CT molecular complexity index is 1050. The van der Waals surface area contributed by atoms with Gasteiger partial charge in [0.2, 0.25) is 9.05 Å². The molecule has 0 radical (unpaired) electrons. The topological polar surface area (TPSA) is 133 Å². The molecule has 0 aliphatic rings. The Labute approximate surface area is 213 Å². The molecule has 12 heteroatoms. The SMILES string of the molecule is CC(C)(CCC(=O)[C@H](Cc1ccccc1)NC(=O)OC(C)(C)C)COS(=O)(=O)CCCS(=O)(=O)Cl.